The van der Waals surface area contributed by atoms with Gasteiger partial charge in [-0.15, -0.1) is 0 Å². The highest BCUT2D eigenvalue weighted by Gasteiger charge is 2.31. The summed E-state index contributed by atoms with van der Waals surface area (Å²) >= 11 is 0. The third kappa shape index (κ3) is 6.32. The monoisotopic (exact) mass is 499 g/mol. The summed E-state index contributed by atoms with van der Waals surface area (Å²) in [6, 6.07) is 21.0. The molecule has 190 valence electrons. The summed E-state index contributed by atoms with van der Waals surface area (Å²) in [4.78, 5) is 40.1. The predicted molar refractivity (Wildman–Crippen MR) is 141 cm³/mol. The zero-order valence-corrected chi connectivity index (χ0v) is 20.5. The van der Waals surface area contributed by atoms with Crippen molar-refractivity contribution in [2.45, 2.75) is 25.4 Å². The average molecular weight is 500 g/mol. The molecule has 5 N–H and O–H groups in total. The summed E-state index contributed by atoms with van der Waals surface area (Å²) in [5.74, 6) is -1.11. The lowest BCUT2D eigenvalue weighted by Gasteiger charge is -2.24. The van der Waals surface area contributed by atoms with Gasteiger partial charge in [-0.2, -0.15) is 0 Å². The van der Waals surface area contributed by atoms with Crippen LogP contribution in [0.1, 0.15) is 33.5 Å². The van der Waals surface area contributed by atoms with E-state index >= 15 is 0 Å². The van der Waals surface area contributed by atoms with Gasteiger partial charge in [-0.1, -0.05) is 42.5 Å². The average Bonchev–Trinajstić information content (AvgIpc) is 3.03. The van der Waals surface area contributed by atoms with Gasteiger partial charge in [-0.05, 0) is 47.9 Å². The summed E-state index contributed by atoms with van der Waals surface area (Å²) < 4.78 is 4.80. The Bertz CT molecular complexity index is 1330. The number of ether oxygens (including phenoxy) is 1. The molecule has 3 aromatic rings. The minimum absolute atomic E-state index is 0.0889. The van der Waals surface area contributed by atoms with Crippen molar-refractivity contribution in [3.63, 3.8) is 0 Å². The third-order valence-corrected chi connectivity index (χ3v) is 6.21. The number of hydrogen-bond donors (Lipinski definition) is 4. The molecule has 0 saturated heterocycles. The number of nitrogens with zero attached hydrogens (tertiary/aromatic N) is 1. The predicted octanol–water partition coefficient (Wildman–Crippen LogP) is 3.15. The first-order valence-electron chi connectivity index (χ1n) is 11.9. The fourth-order valence-corrected chi connectivity index (χ4v) is 4.21. The Morgan fingerprint density at radius 1 is 1.08 bits per heavy atom. The van der Waals surface area contributed by atoms with Crippen LogP contribution in [0.3, 0.4) is 0 Å². The van der Waals surface area contributed by atoms with Crippen LogP contribution in [0.5, 0.6) is 0 Å². The van der Waals surface area contributed by atoms with Crippen molar-refractivity contribution >= 4 is 35.0 Å². The fourth-order valence-electron chi connectivity index (χ4n) is 4.21. The zero-order valence-electron chi connectivity index (χ0n) is 20.5. The van der Waals surface area contributed by atoms with Crippen molar-refractivity contribution in [1.29, 1.82) is 5.41 Å². The van der Waals surface area contributed by atoms with Crippen LogP contribution in [0.4, 0.5) is 11.4 Å². The summed E-state index contributed by atoms with van der Waals surface area (Å²) in [6.45, 7) is 0.739. The number of carbonyl (C=O) groups excluding carboxylic acids is 3. The standard InChI is InChI=1S/C28H29N5O4/c1-37-25(34)16-24-28(36)33(13-12-18-6-3-2-4-7-18)17-21-14-20(10-11-23(21)32-24)27(35)31-22-9-5-8-19(15-22)26(29)30/h2-11,14-15,24,32H,12-13,16-17H2,1H3,(H3,29,30)(H,31,35). The first-order valence-corrected chi connectivity index (χ1v) is 11.9. The molecule has 1 atom stereocenters. The van der Waals surface area contributed by atoms with Gasteiger partial charge in [0.2, 0.25) is 5.91 Å². The lowest BCUT2D eigenvalue weighted by atomic mass is 10.1. The maximum Gasteiger partial charge on any atom is 0.308 e. The number of carbonyl (C=O) groups is 3. The van der Waals surface area contributed by atoms with E-state index in [1.165, 1.54) is 7.11 Å². The summed E-state index contributed by atoms with van der Waals surface area (Å²) in [5, 5.41) is 13.6. The van der Waals surface area contributed by atoms with Gasteiger partial charge in [-0.25, -0.2) is 0 Å². The quantitative estimate of drug-likeness (QED) is 0.213. The SMILES string of the molecule is COC(=O)CC1Nc2ccc(C(=O)Nc3cccc(C(=N)N)c3)cc2CN(CCc2ccccc2)C1=O. The number of fused-ring (bicyclic) bond motifs is 1. The van der Waals surface area contributed by atoms with Crippen LogP contribution in [0, 0.1) is 5.41 Å². The molecular weight excluding hydrogens is 470 g/mol. The highest BCUT2D eigenvalue weighted by molar-refractivity contribution is 6.05. The Morgan fingerprint density at radius 2 is 1.86 bits per heavy atom. The lowest BCUT2D eigenvalue weighted by Crippen LogP contribution is -2.42. The van der Waals surface area contributed by atoms with Crippen LogP contribution in [-0.2, 0) is 27.3 Å². The van der Waals surface area contributed by atoms with Crippen molar-refractivity contribution in [1.82, 2.24) is 4.90 Å². The highest BCUT2D eigenvalue weighted by Crippen LogP contribution is 2.26. The number of anilines is 2. The van der Waals surface area contributed by atoms with Gasteiger partial charge in [0.25, 0.3) is 5.91 Å². The molecule has 0 spiro atoms. The number of hydrogen-bond acceptors (Lipinski definition) is 6. The number of nitrogens with one attached hydrogen (secondary N) is 3. The van der Waals surface area contributed by atoms with Crippen molar-refractivity contribution < 1.29 is 19.1 Å². The number of esters is 1. The van der Waals surface area contributed by atoms with Crippen molar-refractivity contribution in [3.05, 3.63) is 95.1 Å². The van der Waals surface area contributed by atoms with Gasteiger partial charge in [0, 0.05) is 35.6 Å². The third-order valence-electron chi connectivity index (χ3n) is 6.21. The topological polar surface area (TPSA) is 138 Å². The van der Waals surface area contributed by atoms with Gasteiger partial charge < -0.3 is 26.0 Å². The van der Waals surface area contributed by atoms with E-state index in [0.717, 1.165) is 11.1 Å². The molecule has 37 heavy (non-hydrogen) atoms. The van der Waals surface area contributed by atoms with Crippen molar-refractivity contribution in [2.24, 2.45) is 5.73 Å². The molecule has 4 rings (SSSR count). The first kappa shape index (κ1) is 25.4. The highest BCUT2D eigenvalue weighted by atomic mass is 16.5. The minimum atomic E-state index is -0.779. The van der Waals surface area contributed by atoms with Crippen molar-refractivity contribution in [3.8, 4) is 0 Å². The second-order valence-electron chi connectivity index (χ2n) is 8.79. The molecule has 1 heterocycles. The van der Waals surface area contributed by atoms with E-state index in [9.17, 15) is 14.4 Å². The Morgan fingerprint density at radius 3 is 2.59 bits per heavy atom. The van der Waals surface area contributed by atoms with E-state index in [1.54, 1.807) is 47.4 Å². The van der Waals surface area contributed by atoms with Gasteiger partial charge in [0.1, 0.15) is 11.9 Å². The molecule has 3 aromatic carbocycles. The Hall–Kier alpha value is -4.66. The maximum absolute atomic E-state index is 13.4. The molecule has 0 saturated carbocycles. The molecule has 0 fully saturated rings. The van der Waals surface area contributed by atoms with Gasteiger partial charge in [-0.3, -0.25) is 19.8 Å². The smallest absolute Gasteiger partial charge is 0.308 e. The summed E-state index contributed by atoms with van der Waals surface area (Å²) in [7, 11) is 1.29. The number of methoxy groups -OCH3 is 1. The van der Waals surface area contributed by atoms with Crippen LogP contribution in [-0.4, -0.2) is 48.2 Å². The Labute approximate surface area is 215 Å². The molecule has 9 nitrogen and oxygen atoms in total. The van der Waals surface area contributed by atoms with E-state index in [2.05, 4.69) is 10.6 Å². The number of nitrogens with two attached hydrogens (primary N) is 1. The van der Waals surface area contributed by atoms with Crippen LogP contribution < -0.4 is 16.4 Å². The number of amides is 2. The molecule has 1 aliphatic rings. The van der Waals surface area contributed by atoms with Crippen LogP contribution >= 0.6 is 0 Å². The second-order valence-corrected chi connectivity index (χ2v) is 8.79. The van der Waals surface area contributed by atoms with E-state index in [0.29, 0.717) is 35.5 Å². The molecular formula is C28H29N5O4. The van der Waals surface area contributed by atoms with Crippen molar-refractivity contribution in [2.75, 3.05) is 24.3 Å². The van der Waals surface area contributed by atoms with Crippen LogP contribution in [0.25, 0.3) is 0 Å². The Kier molecular flexibility index (Phi) is 7.83. The van der Waals surface area contributed by atoms with Crippen LogP contribution in [0.2, 0.25) is 0 Å². The first-order chi connectivity index (χ1) is 17.8. The van der Waals surface area contributed by atoms with E-state index < -0.39 is 12.0 Å². The second kappa shape index (κ2) is 11.4. The van der Waals surface area contributed by atoms with Gasteiger partial charge >= 0.3 is 5.97 Å². The summed E-state index contributed by atoms with van der Waals surface area (Å²) in [6.07, 6.45) is 0.546. The molecule has 0 bridgehead atoms. The molecule has 9 heteroatoms. The van der Waals surface area contributed by atoms with E-state index in [-0.39, 0.29) is 30.6 Å². The number of amidine groups is 1. The fraction of sp³-hybridized carbons (Fsp3) is 0.214. The number of nitrogen functional groups attached to an aromatic ring is 1. The molecule has 0 aromatic heterocycles. The zero-order chi connectivity index (χ0) is 26.4. The molecule has 1 aliphatic heterocycles. The minimum Gasteiger partial charge on any atom is -0.469 e. The van der Waals surface area contributed by atoms with E-state index in [1.807, 2.05) is 30.3 Å². The number of benzene rings is 3. The molecule has 2 amide bonds. The molecule has 0 aliphatic carbocycles. The number of rotatable bonds is 8. The lowest BCUT2D eigenvalue weighted by molar-refractivity contribution is -0.144. The Balaban J connectivity index is 1.58. The summed E-state index contributed by atoms with van der Waals surface area (Å²) in [5.41, 5.74) is 9.53. The maximum atomic E-state index is 13.4. The van der Waals surface area contributed by atoms with Gasteiger partial charge in [0.05, 0.1) is 13.5 Å². The van der Waals surface area contributed by atoms with Crippen LogP contribution in [0.15, 0.2) is 72.8 Å². The van der Waals surface area contributed by atoms with Gasteiger partial charge in [0.15, 0.2) is 0 Å². The largest absolute Gasteiger partial charge is 0.469 e. The normalized spacial score (nSPS) is 14.7. The molecule has 0 radical (unpaired) electrons. The molecule has 1 unspecified atom stereocenters. The van der Waals surface area contributed by atoms with E-state index in [4.69, 9.17) is 15.9 Å².